The fraction of sp³-hybridized carbons (Fsp3) is 0.444. The predicted molar refractivity (Wildman–Crippen MR) is 130 cm³/mol. The lowest BCUT2D eigenvalue weighted by atomic mass is 9.81. The number of ether oxygens (including phenoxy) is 1. The number of benzene rings is 2. The molecule has 3 unspecified atom stereocenters. The average molecular weight is 481 g/mol. The molecule has 0 bridgehead atoms. The smallest absolute Gasteiger partial charge is 0.407 e. The van der Waals surface area contributed by atoms with Gasteiger partial charge < -0.3 is 15.2 Å². The monoisotopic (exact) mass is 480 g/mol. The number of alkyl carbamates (subject to hydrolysis) is 1. The van der Waals surface area contributed by atoms with Crippen LogP contribution in [0.5, 0.6) is 0 Å². The molecule has 1 saturated carbocycles. The molecule has 0 saturated heterocycles. The summed E-state index contributed by atoms with van der Waals surface area (Å²) in [6, 6.07) is 16.4. The molecule has 0 aromatic heterocycles. The van der Waals surface area contributed by atoms with E-state index in [1.165, 1.54) is 29.2 Å². The van der Waals surface area contributed by atoms with Gasteiger partial charge in [0.15, 0.2) is 6.10 Å². The van der Waals surface area contributed by atoms with Crippen molar-refractivity contribution in [3.8, 4) is 11.1 Å². The third-order valence-electron chi connectivity index (χ3n) is 7.00. The van der Waals surface area contributed by atoms with Crippen molar-refractivity contribution in [2.24, 2.45) is 5.92 Å². The van der Waals surface area contributed by atoms with Gasteiger partial charge in [0.2, 0.25) is 5.91 Å². The number of hydrogen-bond donors (Lipinski definition) is 3. The topological polar surface area (TPSA) is 114 Å². The van der Waals surface area contributed by atoms with Crippen LogP contribution in [0.15, 0.2) is 48.5 Å². The molecule has 186 valence electrons. The van der Waals surface area contributed by atoms with Gasteiger partial charge in [-0.1, -0.05) is 61.4 Å². The molecule has 1 fully saturated rings. The van der Waals surface area contributed by atoms with Gasteiger partial charge in [0, 0.05) is 18.4 Å². The van der Waals surface area contributed by atoms with Gasteiger partial charge in [0.25, 0.3) is 0 Å². The number of carbonyl (C=O) groups excluding carboxylic acids is 2. The van der Waals surface area contributed by atoms with Crippen molar-refractivity contribution in [3.05, 3.63) is 59.7 Å². The highest BCUT2D eigenvalue weighted by Crippen LogP contribution is 2.44. The van der Waals surface area contributed by atoms with E-state index in [4.69, 9.17) is 14.7 Å². The van der Waals surface area contributed by atoms with Crippen molar-refractivity contribution in [1.82, 2.24) is 10.8 Å². The molecule has 2 amide bonds. The number of fused-ring (bicyclic) bond motifs is 3. The third kappa shape index (κ3) is 6.00. The fourth-order valence-electron chi connectivity index (χ4n) is 5.11. The number of rotatable bonds is 9. The highest BCUT2D eigenvalue weighted by molar-refractivity contribution is 5.79. The lowest BCUT2D eigenvalue weighted by molar-refractivity contribution is -0.158. The normalized spacial score (nSPS) is 19.8. The number of hydroxylamine groups is 1. The molecule has 2 aliphatic carbocycles. The van der Waals surface area contributed by atoms with Crippen molar-refractivity contribution in [2.75, 3.05) is 6.61 Å². The van der Waals surface area contributed by atoms with Crippen LogP contribution in [0.1, 0.15) is 62.5 Å². The Hall–Kier alpha value is -3.39. The van der Waals surface area contributed by atoms with Gasteiger partial charge in [-0.2, -0.15) is 0 Å². The van der Waals surface area contributed by atoms with E-state index in [0.717, 1.165) is 25.7 Å². The predicted octanol–water partition coefficient (Wildman–Crippen LogP) is 4.39. The van der Waals surface area contributed by atoms with E-state index >= 15 is 0 Å². The summed E-state index contributed by atoms with van der Waals surface area (Å²) in [4.78, 5) is 40.4. The van der Waals surface area contributed by atoms with Crippen LogP contribution < -0.4 is 10.8 Å². The summed E-state index contributed by atoms with van der Waals surface area (Å²) < 4.78 is 5.70. The number of hydrogen-bond acceptors (Lipinski definition) is 5. The first kappa shape index (κ1) is 24.7. The van der Waals surface area contributed by atoms with Gasteiger partial charge in [0.1, 0.15) is 6.61 Å². The summed E-state index contributed by atoms with van der Waals surface area (Å²) >= 11 is 0. The quantitative estimate of drug-likeness (QED) is 0.459. The minimum Gasteiger partial charge on any atom is -0.479 e. The van der Waals surface area contributed by atoms with Crippen LogP contribution in [-0.2, 0) is 19.2 Å². The van der Waals surface area contributed by atoms with Crippen LogP contribution in [0.4, 0.5) is 4.79 Å². The SMILES string of the molecule is CC(ONC(=O)CCC1CCCCC1NC(=O)OCC1c2ccccc2-c2ccccc21)C(=O)O. The number of carboxylic acid groups (broad SMARTS) is 1. The molecule has 8 nitrogen and oxygen atoms in total. The van der Waals surface area contributed by atoms with E-state index in [0.29, 0.717) is 6.42 Å². The summed E-state index contributed by atoms with van der Waals surface area (Å²) in [5, 5.41) is 11.9. The zero-order chi connectivity index (χ0) is 24.8. The Labute approximate surface area is 205 Å². The van der Waals surface area contributed by atoms with Crippen molar-refractivity contribution < 1.29 is 29.1 Å². The molecule has 0 spiro atoms. The van der Waals surface area contributed by atoms with Crippen molar-refractivity contribution in [2.45, 2.75) is 63.5 Å². The molecular weight excluding hydrogens is 448 g/mol. The number of nitrogens with one attached hydrogen (secondary N) is 2. The molecule has 3 N–H and O–H groups in total. The molecular formula is C27H32N2O6. The van der Waals surface area contributed by atoms with Crippen LogP contribution in [0.25, 0.3) is 11.1 Å². The van der Waals surface area contributed by atoms with Crippen LogP contribution >= 0.6 is 0 Å². The highest BCUT2D eigenvalue weighted by atomic mass is 16.7. The first-order valence-electron chi connectivity index (χ1n) is 12.2. The maximum atomic E-state index is 12.7. The molecule has 3 atom stereocenters. The molecule has 0 heterocycles. The van der Waals surface area contributed by atoms with Gasteiger partial charge in [-0.05, 0) is 54.4 Å². The van der Waals surface area contributed by atoms with Gasteiger partial charge in [-0.25, -0.2) is 15.1 Å². The molecule has 4 rings (SSSR count). The number of aliphatic carboxylic acids is 1. The lowest BCUT2D eigenvalue weighted by Gasteiger charge is -2.32. The Morgan fingerprint density at radius 2 is 1.63 bits per heavy atom. The maximum absolute atomic E-state index is 12.7. The Kier molecular flexibility index (Phi) is 8.02. The van der Waals surface area contributed by atoms with Crippen molar-refractivity contribution in [1.29, 1.82) is 0 Å². The molecule has 8 heteroatoms. The van der Waals surface area contributed by atoms with Crippen LogP contribution in [-0.4, -0.2) is 41.8 Å². The second-order valence-corrected chi connectivity index (χ2v) is 9.28. The van der Waals surface area contributed by atoms with Gasteiger partial charge in [-0.15, -0.1) is 0 Å². The van der Waals surface area contributed by atoms with E-state index in [1.54, 1.807) is 0 Å². The van der Waals surface area contributed by atoms with Crippen molar-refractivity contribution >= 4 is 18.0 Å². The summed E-state index contributed by atoms with van der Waals surface area (Å²) in [6.07, 6.45) is 3.02. The molecule has 2 aliphatic rings. The average Bonchev–Trinajstić information content (AvgIpc) is 3.19. The summed E-state index contributed by atoms with van der Waals surface area (Å²) in [5.41, 5.74) is 6.90. The van der Waals surface area contributed by atoms with Crippen LogP contribution in [0.3, 0.4) is 0 Å². The van der Waals surface area contributed by atoms with Gasteiger partial charge in [0.05, 0.1) is 0 Å². The molecule has 0 radical (unpaired) electrons. The van der Waals surface area contributed by atoms with Crippen LogP contribution in [0, 0.1) is 5.92 Å². The van der Waals surface area contributed by atoms with Crippen LogP contribution in [0.2, 0.25) is 0 Å². The zero-order valence-corrected chi connectivity index (χ0v) is 19.9. The lowest BCUT2D eigenvalue weighted by Crippen LogP contribution is -2.43. The molecule has 2 aromatic carbocycles. The van der Waals surface area contributed by atoms with Gasteiger partial charge in [-0.3, -0.25) is 9.63 Å². The number of amides is 2. The summed E-state index contributed by atoms with van der Waals surface area (Å²) in [7, 11) is 0. The second-order valence-electron chi connectivity index (χ2n) is 9.28. The first-order valence-corrected chi connectivity index (χ1v) is 12.2. The van der Waals surface area contributed by atoms with E-state index in [2.05, 4.69) is 35.1 Å². The van der Waals surface area contributed by atoms with E-state index in [9.17, 15) is 14.4 Å². The number of carbonyl (C=O) groups is 3. The van der Waals surface area contributed by atoms with Crippen molar-refractivity contribution in [3.63, 3.8) is 0 Å². The third-order valence-corrected chi connectivity index (χ3v) is 7.00. The van der Waals surface area contributed by atoms with E-state index in [1.807, 2.05) is 24.3 Å². The van der Waals surface area contributed by atoms with E-state index < -0.39 is 18.2 Å². The Morgan fingerprint density at radius 3 is 2.29 bits per heavy atom. The minimum atomic E-state index is -1.15. The van der Waals surface area contributed by atoms with E-state index in [-0.39, 0.29) is 36.8 Å². The second kappa shape index (κ2) is 11.4. The largest absolute Gasteiger partial charge is 0.479 e. The highest BCUT2D eigenvalue weighted by Gasteiger charge is 2.31. The Balaban J connectivity index is 1.29. The fourth-order valence-corrected chi connectivity index (χ4v) is 5.11. The summed E-state index contributed by atoms with van der Waals surface area (Å²) in [5.74, 6) is -1.37. The first-order chi connectivity index (χ1) is 16.9. The molecule has 0 aliphatic heterocycles. The molecule has 35 heavy (non-hydrogen) atoms. The minimum absolute atomic E-state index is 0.00666. The Morgan fingerprint density at radius 1 is 1.00 bits per heavy atom. The molecule has 2 aromatic rings. The maximum Gasteiger partial charge on any atom is 0.407 e. The standard InChI is InChI=1S/C27H32N2O6/c1-17(26(31)32)35-29-25(30)15-14-18-8-2-7-13-24(18)28-27(33)34-16-23-21-11-5-3-9-19(21)20-10-4-6-12-22(20)23/h3-6,9-12,17-18,23-24H,2,7-8,13-16H2,1H3,(H,28,33)(H,29,30)(H,31,32). The Bertz CT molecular complexity index is 1030. The summed E-state index contributed by atoms with van der Waals surface area (Å²) in [6.45, 7) is 1.61. The number of carboxylic acids is 1. The van der Waals surface area contributed by atoms with Gasteiger partial charge >= 0.3 is 12.1 Å². The zero-order valence-electron chi connectivity index (χ0n) is 19.9.